The van der Waals surface area contributed by atoms with Gasteiger partial charge in [-0.1, -0.05) is 6.58 Å². The Morgan fingerprint density at radius 3 is 2.82 bits per heavy atom. The Balaban J connectivity index is 3.53. The monoisotopic (exact) mass is 158 g/mol. The third kappa shape index (κ3) is 4.52. The topological polar surface area (TPSA) is 75.4 Å². The molecule has 0 aliphatic carbocycles. The zero-order chi connectivity index (χ0) is 8.85. The molecule has 2 unspecified atom stereocenters. The summed E-state index contributed by atoms with van der Waals surface area (Å²) >= 11 is 0. The van der Waals surface area contributed by atoms with E-state index in [-0.39, 0.29) is 12.5 Å². The fraction of sp³-hybridized carbons (Fsp3) is 0.571. The van der Waals surface area contributed by atoms with Crippen LogP contribution >= 0.6 is 0 Å². The highest BCUT2D eigenvalue weighted by atomic mass is 16.3. The summed E-state index contributed by atoms with van der Waals surface area (Å²) in [6.07, 6.45) is 0.550. The summed E-state index contributed by atoms with van der Waals surface area (Å²) in [7, 11) is 0. The van der Waals surface area contributed by atoms with Crippen LogP contribution in [0.4, 0.5) is 0 Å². The van der Waals surface area contributed by atoms with Crippen LogP contribution in [0.1, 0.15) is 6.92 Å². The smallest absolute Gasteiger partial charge is 0.243 e. The molecule has 4 N–H and O–H groups in total. The van der Waals surface area contributed by atoms with Gasteiger partial charge in [0.05, 0.1) is 6.10 Å². The van der Waals surface area contributed by atoms with Gasteiger partial charge in [-0.05, 0) is 13.0 Å². The molecule has 1 amide bonds. The van der Waals surface area contributed by atoms with E-state index in [0.29, 0.717) is 0 Å². The number of hydrogen-bond donors (Lipinski definition) is 3. The van der Waals surface area contributed by atoms with Crippen molar-refractivity contribution in [2.45, 2.75) is 19.1 Å². The summed E-state index contributed by atoms with van der Waals surface area (Å²) in [6.45, 7) is 5.11. The second-order valence-electron chi connectivity index (χ2n) is 2.35. The van der Waals surface area contributed by atoms with Gasteiger partial charge in [-0.2, -0.15) is 0 Å². The lowest BCUT2D eigenvalue weighted by Gasteiger charge is -2.14. The van der Waals surface area contributed by atoms with E-state index in [9.17, 15) is 4.79 Å². The molecule has 0 spiro atoms. The van der Waals surface area contributed by atoms with Crippen molar-refractivity contribution in [1.29, 1.82) is 0 Å². The molecule has 0 aliphatic heterocycles. The molecule has 0 fully saturated rings. The van der Waals surface area contributed by atoms with Crippen LogP contribution in [0.5, 0.6) is 0 Å². The van der Waals surface area contributed by atoms with E-state index >= 15 is 0 Å². The summed E-state index contributed by atoms with van der Waals surface area (Å²) in [6, 6.07) is -0.418. The molecule has 0 bridgehead atoms. The van der Waals surface area contributed by atoms with Crippen LogP contribution in [-0.2, 0) is 4.79 Å². The molecule has 0 rings (SSSR count). The molecule has 64 valence electrons. The van der Waals surface area contributed by atoms with Gasteiger partial charge in [0.2, 0.25) is 5.91 Å². The van der Waals surface area contributed by atoms with Crippen LogP contribution in [0, 0.1) is 0 Å². The molecule has 11 heavy (non-hydrogen) atoms. The number of nitrogens with one attached hydrogen (secondary N) is 1. The van der Waals surface area contributed by atoms with Crippen molar-refractivity contribution >= 4 is 5.91 Å². The minimum atomic E-state index is -0.611. The number of carbonyl (C=O) groups excluding carboxylic acids is 1. The molecule has 0 aliphatic rings. The summed E-state index contributed by atoms with van der Waals surface area (Å²) in [5.74, 6) is -0.277. The van der Waals surface area contributed by atoms with E-state index in [0.717, 1.165) is 6.08 Å². The van der Waals surface area contributed by atoms with Crippen molar-refractivity contribution in [2.24, 2.45) is 5.73 Å². The number of rotatable bonds is 4. The highest BCUT2D eigenvalue weighted by Crippen LogP contribution is 1.85. The van der Waals surface area contributed by atoms with Crippen LogP contribution < -0.4 is 11.1 Å². The summed E-state index contributed by atoms with van der Waals surface area (Å²) < 4.78 is 0. The second kappa shape index (κ2) is 4.87. The number of aliphatic hydroxyl groups excluding tert-OH is 1. The number of aliphatic hydroxyl groups is 1. The quantitative estimate of drug-likeness (QED) is 0.459. The fourth-order valence-electron chi connectivity index (χ4n) is 0.461. The largest absolute Gasteiger partial charge is 0.392 e. The van der Waals surface area contributed by atoms with Crippen LogP contribution in [0.25, 0.3) is 0 Å². The van der Waals surface area contributed by atoms with Gasteiger partial charge in [-0.15, -0.1) is 0 Å². The van der Waals surface area contributed by atoms with Gasteiger partial charge in [0.15, 0.2) is 0 Å². The minimum Gasteiger partial charge on any atom is -0.392 e. The first-order valence-electron chi connectivity index (χ1n) is 3.42. The molecule has 0 saturated heterocycles. The molecule has 2 atom stereocenters. The predicted octanol–water partition coefficient (Wildman–Crippen LogP) is -1.00. The van der Waals surface area contributed by atoms with Gasteiger partial charge < -0.3 is 16.2 Å². The zero-order valence-corrected chi connectivity index (χ0v) is 6.58. The van der Waals surface area contributed by atoms with Crippen molar-refractivity contribution in [1.82, 2.24) is 5.32 Å². The number of hydrogen-bond acceptors (Lipinski definition) is 3. The molecule has 0 aromatic heterocycles. The first kappa shape index (κ1) is 10.1. The Kier molecular flexibility index (Phi) is 4.49. The van der Waals surface area contributed by atoms with E-state index in [1.165, 1.54) is 0 Å². The molecule has 0 aromatic carbocycles. The van der Waals surface area contributed by atoms with Crippen molar-refractivity contribution in [3.8, 4) is 0 Å². The lowest BCUT2D eigenvalue weighted by atomic mass is 10.2. The van der Waals surface area contributed by atoms with Gasteiger partial charge in [0.1, 0.15) is 0 Å². The SMILES string of the molecule is C=CC(=O)NCC(N)C(C)O. The minimum absolute atomic E-state index is 0.266. The third-order valence-corrected chi connectivity index (χ3v) is 1.32. The van der Waals surface area contributed by atoms with Crippen molar-refractivity contribution in [2.75, 3.05) is 6.54 Å². The zero-order valence-electron chi connectivity index (χ0n) is 6.58. The Morgan fingerprint density at radius 2 is 2.45 bits per heavy atom. The van der Waals surface area contributed by atoms with Crippen LogP contribution in [0.15, 0.2) is 12.7 Å². The van der Waals surface area contributed by atoms with Crippen LogP contribution in [0.3, 0.4) is 0 Å². The van der Waals surface area contributed by atoms with Crippen LogP contribution in [0.2, 0.25) is 0 Å². The molecule has 0 radical (unpaired) electrons. The van der Waals surface area contributed by atoms with Crippen molar-refractivity contribution in [3.63, 3.8) is 0 Å². The average molecular weight is 158 g/mol. The Bertz CT molecular complexity index is 145. The van der Waals surface area contributed by atoms with E-state index in [2.05, 4.69) is 11.9 Å². The Morgan fingerprint density at radius 1 is 1.91 bits per heavy atom. The molecular formula is C7H14N2O2. The van der Waals surface area contributed by atoms with Gasteiger partial charge in [-0.25, -0.2) is 0 Å². The predicted molar refractivity (Wildman–Crippen MR) is 42.9 cm³/mol. The van der Waals surface area contributed by atoms with Crippen molar-refractivity contribution in [3.05, 3.63) is 12.7 Å². The summed E-state index contributed by atoms with van der Waals surface area (Å²) in [5.41, 5.74) is 5.42. The molecule has 0 saturated carbocycles. The van der Waals surface area contributed by atoms with E-state index in [4.69, 9.17) is 10.8 Å². The number of amides is 1. The fourth-order valence-corrected chi connectivity index (χ4v) is 0.461. The molecule has 0 heterocycles. The number of carbonyl (C=O) groups is 1. The standard InChI is InChI=1S/C7H14N2O2/c1-3-7(11)9-4-6(8)5(2)10/h3,5-6,10H,1,4,8H2,2H3,(H,9,11). The molecular weight excluding hydrogens is 144 g/mol. The maximum atomic E-state index is 10.6. The highest BCUT2D eigenvalue weighted by molar-refractivity contribution is 5.86. The molecule has 4 heteroatoms. The third-order valence-electron chi connectivity index (χ3n) is 1.32. The van der Waals surface area contributed by atoms with Gasteiger partial charge in [0, 0.05) is 12.6 Å². The molecule has 4 nitrogen and oxygen atoms in total. The lowest BCUT2D eigenvalue weighted by molar-refractivity contribution is -0.116. The van der Waals surface area contributed by atoms with Crippen LogP contribution in [-0.4, -0.2) is 29.7 Å². The van der Waals surface area contributed by atoms with E-state index < -0.39 is 12.1 Å². The normalized spacial score (nSPS) is 15.2. The first-order valence-corrected chi connectivity index (χ1v) is 3.42. The summed E-state index contributed by atoms with van der Waals surface area (Å²) in [5, 5.41) is 11.4. The maximum Gasteiger partial charge on any atom is 0.243 e. The van der Waals surface area contributed by atoms with Gasteiger partial charge in [0.25, 0.3) is 0 Å². The van der Waals surface area contributed by atoms with Crippen molar-refractivity contribution < 1.29 is 9.90 Å². The lowest BCUT2D eigenvalue weighted by Crippen LogP contribution is -2.43. The van der Waals surface area contributed by atoms with E-state index in [1.807, 2.05) is 0 Å². The Labute approximate surface area is 66.1 Å². The van der Waals surface area contributed by atoms with Gasteiger partial charge >= 0.3 is 0 Å². The van der Waals surface area contributed by atoms with Gasteiger partial charge in [-0.3, -0.25) is 4.79 Å². The summed E-state index contributed by atoms with van der Waals surface area (Å²) in [4.78, 5) is 10.6. The molecule has 0 aromatic rings. The average Bonchev–Trinajstić information content (AvgIpc) is 1.99. The highest BCUT2D eigenvalue weighted by Gasteiger charge is 2.08. The Hall–Kier alpha value is -0.870. The maximum absolute atomic E-state index is 10.6. The van der Waals surface area contributed by atoms with E-state index in [1.54, 1.807) is 6.92 Å². The first-order chi connectivity index (χ1) is 5.07. The second-order valence-corrected chi connectivity index (χ2v) is 2.35. The number of nitrogens with two attached hydrogens (primary N) is 1.